The number of aromatic nitrogens is 2. The molecule has 2 saturated carbocycles. The van der Waals surface area contributed by atoms with E-state index in [2.05, 4.69) is 81.7 Å². The van der Waals surface area contributed by atoms with Gasteiger partial charge in [-0.2, -0.15) is 4.98 Å². The molecule has 3 N–H and O–H groups in total. The first-order valence-corrected chi connectivity index (χ1v) is 28.0. The molecule has 0 bridgehead atoms. The number of rotatable bonds is 13. The number of nitrogens with zero attached hydrogens (tertiary/aromatic N) is 5. The Morgan fingerprint density at radius 1 is 0.945 bits per heavy atom. The normalized spacial score (nSPS) is 23.5. The van der Waals surface area contributed by atoms with Crippen LogP contribution in [0, 0.1) is 26.9 Å². The van der Waals surface area contributed by atoms with Gasteiger partial charge in [-0.1, -0.05) is 52.0 Å². The van der Waals surface area contributed by atoms with Crippen molar-refractivity contribution in [3.63, 3.8) is 0 Å². The average Bonchev–Trinajstić information content (AvgIpc) is 4.14. The first kappa shape index (κ1) is 49.3. The smallest absolute Gasteiger partial charge is 0.297 e. The molecule has 4 aliphatic heterocycles. The second kappa shape index (κ2) is 19.4. The Kier molecular flexibility index (Phi) is 13.1. The van der Waals surface area contributed by atoms with E-state index in [0.717, 1.165) is 88.3 Å². The lowest BCUT2D eigenvalue weighted by Gasteiger charge is -2.56. The lowest BCUT2D eigenvalue weighted by atomic mass is 9.59. The summed E-state index contributed by atoms with van der Waals surface area (Å²) in [5.41, 5.74) is 4.57. The summed E-state index contributed by atoms with van der Waals surface area (Å²) < 4.78 is 50.0. The Morgan fingerprint density at radius 3 is 2.47 bits per heavy atom. The van der Waals surface area contributed by atoms with E-state index in [4.69, 9.17) is 19.2 Å². The molecule has 6 aliphatic rings. The number of sulfonamides is 1. The number of nitrogens with one attached hydrogen (secondary N) is 3. The number of H-pyrrole nitrogens is 1. The number of carbonyl (C=O) groups is 1. The topological polar surface area (TPSA) is 184 Å². The zero-order chi connectivity index (χ0) is 50.8. The molecule has 3 atom stereocenters. The highest BCUT2D eigenvalue weighted by Crippen LogP contribution is 2.55. The van der Waals surface area contributed by atoms with Crippen molar-refractivity contribution in [1.82, 2.24) is 24.5 Å². The zero-order valence-corrected chi connectivity index (χ0v) is 43.6. The zero-order valence-electron chi connectivity index (χ0n) is 42.8. The number of amides is 1. The highest BCUT2D eigenvalue weighted by Gasteiger charge is 2.50. The van der Waals surface area contributed by atoms with Gasteiger partial charge in [0.1, 0.15) is 24.1 Å². The van der Waals surface area contributed by atoms with Crippen molar-refractivity contribution in [3.05, 3.63) is 99.7 Å². The van der Waals surface area contributed by atoms with E-state index in [1.54, 1.807) is 18.3 Å². The quantitative estimate of drug-likeness (QED) is 0.0748. The van der Waals surface area contributed by atoms with Crippen LogP contribution in [-0.2, 0) is 10.0 Å². The number of carbonyl (C=O) groups excluding carboxylic acids is 1. The van der Waals surface area contributed by atoms with Crippen molar-refractivity contribution in [1.29, 1.82) is 0 Å². The Balaban J connectivity index is 0.846. The number of anilines is 2. The van der Waals surface area contributed by atoms with Crippen LogP contribution < -0.4 is 29.1 Å². The molecule has 16 nitrogen and oxygen atoms in total. The molecule has 1 amide bonds. The fraction of sp³-hybridized carbons (Fsp3) is 0.536. The largest absolute Gasteiger partial charge is 0.489 e. The third-order valence-corrected chi connectivity index (χ3v) is 18.6. The third-order valence-electron chi connectivity index (χ3n) is 17.3. The van der Waals surface area contributed by atoms with Crippen LogP contribution in [0.5, 0.6) is 23.1 Å². The number of likely N-dealkylation sites (N-methyl/N-ethyl adjacent to an activating group) is 1. The Bertz CT molecular complexity index is 3000. The number of hydrogen-bond donors (Lipinski definition) is 3. The number of nitro benzene ring substituents is 1. The number of likely N-dealkylation sites (tertiary alicyclic amines) is 2. The number of nitro groups is 1. The van der Waals surface area contributed by atoms with Crippen LogP contribution >= 0.6 is 0 Å². The average molecular weight is 1020 g/mol. The van der Waals surface area contributed by atoms with Crippen LogP contribution in [0.3, 0.4) is 0 Å². The number of fused-ring (bicyclic) bond motifs is 2. The molecule has 0 radical (unpaired) electrons. The Labute approximate surface area is 428 Å². The van der Waals surface area contributed by atoms with E-state index >= 15 is 0 Å². The van der Waals surface area contributed by atoms with Gasteiger partial charge in [-0.05, 0) is 142 Å². The highest BCUT2D eigenvalue weighted by atomic mass is 32.2. The predicted molar refractivity (Wildman–Crippen MR) is 282 cm³/mol. The minimum absolute atomic E-state index is 0.0461. The van der Waals surface area contributed by atoms with Gasteiger partial charge < -0.3 is 34.3 Å². The second-order valence-electron chi connectivity index (χ2n) is 23.1. The summed E-state index contributed by atoms with van der Waals surface area (Å²) in [5.74, 6) is 0.456. The van der Waals surface area contributed by atoms with Gasteiger partial charge in [0.25, 0.3) is 27.5 Å². The van der Waals surface area contributed by atoms with Crippen LogP contribution in [0.4, 0.5) is 17.1 Å². The predicted octanol–water partition coefficient (Wildman–Crippen LogP) is 10.6. The van der Waals surface area contributed by atoms with Gasteiger partial charge in [-0.3, -0.25) is 19.8 Å². The summed E-state index contributed by atoms with van der Waals surface area (Å²) in [5, 5.41) is 16.7. The van der Waals surface area contributed by atoms with Crippen LogP contribution in [-0.4, -0.2) is 104 Å². The lowest BCUT2D eigenvalue weighted by molar-refractivity contribution is -0.384. The van der Waals surface area contributed by atoms with Crippen molar-refractivity contribution in [2.75, 3.05) is 56.6 Å². The van der Waals surface area contributed by atoms with Gasteiger partial charge in [0, 0.05) is 73.7 Å². The number of hydrogen-bond acceptors (Lipinski definition) is 13. The molecule has 11 rings (SSSR count). The van der Waals surface area contributed by atoms with Crippen LogP contribution in [0.25, 0.3) is 11.0 Å². The Hall–Kier alpha value is -5.91. The molecule has 388 valence electrons. The van der Waals surface area contributed by atoms with E-state index in [9.17, 15) is 23.3 Å². The summed E-state index contributed by atoms with van der Waals surface area (Å²) in [6, 6.07) is 21.0. The van der Waals surface area contributed by atoms with Crippen molar-refractivity contribution in [2.24, 2.45) is 16.7 Å². The van der Waals surface area contributed by atoms with Crippen LogP contribution in [0.1, 0.15) is 132 Å². The molecule has 73 heavy (non-hydrogen) atoms. The summed E-state index contributed by atoms with van der Waals surface area (Å²) in [6.45, 7) is 13.7. The number of ether oxygens (including phenoxy) is 3. The fourth-order valence-corrected chi connectivity index (χ4v) is 13.9. The van der Waals surface area contributed by atoms with E-state index < -0.39 is 31.4 Å². The summed E-state index contributed by atoms with van der Waals surface area (Å²) in [6.07, 6.45) is 13.3. The maximum absolute atomic E-state index is 14.5. The van der Waals surface area contributed by atoms with Crippen molar-refractivity contribution >= 4 is 44.0 Å². The number of aromatic amines is 1. The first-order valence-electron chi connectivity index (χ1n) is 26.5. The summed E-state index contributed by atoms with van der Waals surface area (Å²) in [7, 11) is -2.65. The van der Waals surface area contributed by atoms with Gasteiger partial charge in [0.05, 0.1) is 21.4 Å². The van der Waals surface area contributed by atoms with E-state index in [0.29, 0.717) is 30.2 Å². The van der Waals surface area contributed by atoms with Crippen LogP contribution in [0.15, 0.2) is 77.8 Å². The van der Waals surface area contributed by atoms with Crippen molar-refractivity contribution in [3.8, 4) is 23.1 Å². The second-order valence-corrected chi connectivity index (χ2v) is 24.8. The summed E-state index contributed by atoms with van der Waals surface area (Å²) in [4.78, 5) is 41.2. The van der Waals surface area contributed by atoms with Gasteiger partial charge >= 0.3 is 0 Å². The first-order chi connectivity index (χ1) is 35.0. The fourth-order valence-electron chi connectivity index (χ4n) is 12.9. The standard InChI is InChI=1S/C56H70N8O8S/c1-35(2)42-9-6-7-10-43(42)46-11-8-23-63(46)39-31-56(32-39)20-25-62(26-21-56)38-12-13-44(48(28-38)72-50-27-37-16-22-57-52(37)59-54(50)71-40-17-24-61(5)33-40)53(65)60-73(68,69)41-29-47(64(66)67)51-49(30-41)70-34-45(58-51)36-14-18-55(3,4)19-15-36/h6-7,9-10,12-13,16,22,27-30,35-36,39-40,45-46,58H,8,11,14-15,17-21,23-26,31-34H2,1-5H3,(H,57,59)(H,60,65)/t40-,45-,46+/m1/s1. The number of benzene rings is 3. The molecule has 5 fully saturated rings. The van der Waals surface area contributed by atoms with E-state index in [1.165, 1.54) is 42.9 Å². The monoisotopic (exact) mass is 1010 g/mol. The molecule has 1 spiro atoms. The minimum atomic E-state index is -4.69. The molecule has 17 heteroatoms. The molecule has 2 aliphatic carbocycles. The van der Waals surface area contributed by atoms with Gasteiger partial charge in [-0.25, -0.2) is 13.1 Å². The number of pyridine rings is 1. The van der Waals surface area contributed by atoms with Crippen LogP contribution in [0.2, 0.25) is 0 Å². The molecule has 6 heterocycles. The maximum atomic E-state index is 14.5. The van der Waals surface area contributed by atoms with Gasteiger partial charge in [-0.15, -0.1) is 0 Å². The van der Waals surface area contributed by atoms with E-state index in [1.807, 2.05) is 25.2 Å². The van der Waals surface area contributed by atoms with Crippen molar-refractivity contribution < 1.29 is 32.3 Å². The SMILES string of the molecule is CC(C)c1ccccc1[C@@H]1CCCN1C1CC2(CCN(c3ccc(C(=O)NS(=O)(=O)c4cc5c(c([N+](=O)[O-])c4)N[C@@H](C4CCC(C)(C)CC4)CO5)c(Oc4cc5cc[nH]c5nc4O[C@@H]4CCN(C)C4)c3)CC2)C1. The molecule has 2 aromatic heterocycles. The molecule has 5 aromatic rings. The van der Waals surface area contributed by atoms with Gasteiger partial charge in [0.15, 0.2) is 17.2 Å². The molecule has 3 aromatic carbocycles. The third kappa shape index (κ3) is 9.96. The Morgan fingerprint density at radius 2 is 1.73 bits per heavy atom. The van der Waals surface area contributed by atoms with Crippen molar-refractivity contribution in [2.45, 2.75) is 133 Å². The minimum Gasteiger partial charge on any atom is -0.489 e. The molecular formula is C56H70N8O8S. The van der Waals surface area contributed by atoms with Gasteiger partial charge in [0.2, 0.25) is 0 Å². The molecule has 3 saturated heterocycles. The number of piperidine rings is 1. The summed E-state index contributed by atoms with van der Waals surface area (Å²) >= 11 is 0. The van der Waals surface area contributed by atoms with E-state index in [-0.39, 0.29) is 69.9 Å². The maximum Gasteiger partial charge on any atom is 0.297 e. The lowest BCUT2D eigenvalue weighted by Crippen LogP contribution is -2.54. The highest BCUT2D eigenvalue weighted by molar-refractivity contribution is 7.90. The molecule has 0 unspecified atom stereocenters. The molecular weight excluding hydrogens is 945 g/mol.